The molecule has 4 aromatic rings. The van der Waals surface area contributed by atoms with Gasteiger partial charge in [0.15, 0.2) is 5.82 Å². The van der Waals surface area contributed by atoms with Crippen molar-refractivity contribution in [2.75, 3.05) is 60.9 Å². The molecule has 0 spiro atoms. The topological polar surface area (TPSA) is 160 Å². The molecule has 284 valence electrons. The highest BCUT2D eigenvalue weighted by atomic mass is 16.3. The zero-order chi connectivity index (χ0) is 37.5. The Morgan fingerprint density at radius 3 is 2.49 bits per heavy atom. The predicted octanol–water partition coefficient (Wildman–Crippen LogP) is 3.41. The minimum atomic E-state index is -0.583. The van der Waals surface area contributed by atoms with Crippen LogP contribution in [-0.2, 0) is 29.0 Å². The number of rotatable bonds is 9. The fraction of sp³-hybridized carbons (Fsp3) is 0.439. The third-order valence-corrected chi connectivity index (χ3v) is 12.1. The number of piperidine rings is 2. The first-order valence-electron chi connectivity index (χ1n) is 19.6. The fourth-order valence-corrected chi connectivity index (χ4v) is 8.87. The van der Waals surface area contributed by atoms with Gasteiger partial charge in [0.1, 0.15) is 11.8 Å². The molecule has 2 atom stereocenters. The van der Waals surface area contributed by atoms with E-state index in [-0.39, 0.29) is 35.9 Å². The van der Waals surface area contributed by atoms with Crippen LogP contribution in [-0.4, -0.2) is 111 Å². The number of aromatic hydroxyl groups is 1. The number of carbonyl (C=O) groups is 3. The Kier molecular flexibility index (Phi) is 9.50. The number of nitrogens with one attached hydrogen (secondary N) is 2. The first-order valence-corrected chi connectivity index (χ1v) is 19.6. The van der Waals surface area contributed by atoms with Gasteiger partial charge in [-0.05, 0) is 98.5 Å². The third kappa shape index (κ3) is 7.18. The number of nitrogens with zero attached hydrogens (tertiary/aromatic N) is 8. The van der Waals surface area contributed by atoms with Gasteiger partial charge in [-0.2, -0.15) is 0 Å². The Bertz CT molecular complexity index is 2100. The maximum atomic E-state index is 13.0. The van der Waals surface area contributed by atoms with Crippen molar-refractivity contribution < 1.29 is 19.5 Å². The molecule has 3 N–H and O–H groups in total. The van der Waals surface area contributed by atoms with Crippen LogP contribution in [0.15, 0.2) is 60.9 Å². The van der Waals surface area contributed by atoms with Gasteiger partial charge in [0.05, 0.1) is 17.4 Å². The Hall–Kier alpha value is -5.63. The zero-order valence-electron chi connectivity index (χ0n) is 30.9. The molecule has 0 bridgehead atoms. The number of phenolic OH excluding ortho intramolecular Hbond substituents is 1. The van der Waals surface area contributed by atoms with Crippen molar-refractivity contribution in [3.63, 3.8) is 0 Å². The van der Waals surface area contributed by atoms with Crippen LogP contribution in [0.3, 0.4) is 0 Å². The van der Waals surface area contributed by atoms with Crippen molar-refractivity contribution in [2.24, 2.45) is 5.92 Å². The SMILES string of the molecule is O=C1CCC(N2Cc3cc(CCN4CCC(CCc5cnc(N6CCN7c8cc(-c9ccccc9O)nnc8NC[C@@H]7C6)nc5)CC4)ccc3C2=O)C(=O)N1. The highest BCUT2D eigenvalue weighted by Gasteiger charge is 2.39. The fourth-order valence-electron chi connectivity index (χ4n) is 8.87. The molecule has 7 heterocycles. The summed E-state index contributed by atoms with van der Waals surface area (Å²) in [6, 6.07) is 14.9. The second-order valence-corrected chi connectivity index (χ2v) is 15.5. The number of carbonyl (C=O) groups excluding carboxylic acids is 3. The van der Waals surface area contributed by atoms with Crippen LogP contribution in [0.1, 0.15) is 59.2 Å². The normalized spacial score (nSPS) is 21.5. The average molecular weight is 743 g/mol. The summed E-state index contributed by atoms with van der Waals surface area (Å²) in [5, 5.41) is 25.0. The van der Waals surface area contributed by atoms with Crippen molar-refractivity contribution in [1.82, 2.24) is 35.3 Å². The number of para-hydroxylation sites is 1. The van der Waals surface area contributed by atoms with Crippen LogP contribution in [0.5, 0.6) is 5.75 Å². The number of phenols is 1. The van der Waals surface area contributed by atoms with E-state index in [2.05, 4.69) is 41.6 Å². The standard InChI is InChI=1S/C41H46N10O4/c52-36-4-2-1-3-32(36)33-20-35-38(47-46-33)42-23-30-25-49(17-18-50(30)35)41-43-21-28(22-44-41)6-5-26-11-14-48(15-12-26)16-13-27-7-8-31-29(19-27)24-51(40(31)55)34-9-10-37(53)45-39(34)54/h1-4,7-8,19-22,26,30,34,52H,5-6,9-18,23-25H2,(H,42,47)(H,45,53,54)/t30-,34?/m1/s1. The van der Waals surface area contributed by atoms with Crippen molar-refractivity contribution in [3.05, 3.63) is 83.2 Å². The monoisotopic (exact) mass is 742 g/mol. The second kappa shape index (κ2) is 14.9. The molecule has 1 unspecified atom stereocenters. The van der Waals surface area contributed by atoms with Gasteiger partial charge < -0.3 is 30.0 Å². The van der Waals surface area contributed by atoms with Gasteiger partial charge in [0.2, 0.25) is 17.8 Å². The molecule has 14 heteroatoms. The minimum absolute atomic E-state index is 0.124. The number of benzene rings is 2. The summed E-state index contributed by atoms with van der Waals surface area (Å²) in [4.78, 5) is 55.4. The number of piperazine rings is 1. The van der Waals surface area contributed by atoms with Crippen LogP contribution < -0.4 is 20.4 Å². The lowest BCUT2D eigenvalue weighted by Gasteiger charge is -2.45. The summed E-state index contributed by atoms with van der Waals surface area (Å²) >= 11 is 0. The van der Waals surface area contributed by atoms with E-state index in [1.54, 1.807) is 17.0 Å². The van der Waals surface area contributed by atoms with Crippen LogP contribution in [0.2, 0.25) is 0 Å². The molecule has 5 aliphatic heterocycles. The number of amides is 3. The Morgan fingerprint density at radius 2 is 1.67 bits per heavy atom. The van der Waals surface area contributed by atoms with E-state index in [9.17, 15) is 19.5 Å². The van der Waals surface area contributed by atoms with E-state index < -0.39 is 6.04 Å². The highest BCUT2D eigenvalue weighted by molar-refractivity contribution is 6.05. The van der Waals surface area contributed by atoms with Crippen molar-refractivity contribution in [2.45, 2.75) is 63.6 Å². The van der Waals surface area contributed by atoms with E-state index in [4.69, 9.17) is 9.97 Å². The van der Waals surface area contributed by atoms with Gasteiger partial charge in [0, 0.05) is 69.2 Å². The molecule has 5 aliphatic rings. The number of aromatic nitrogens is 4. The second-order valence-electron chi connectivity index (χ2n) is 15.5. The maximum absolute atomic E-state index is 13.0. The lowest BCUT2D eigenvalue weighted by atomic mass is 9.91. The molecule has 3 amide bonds. The molecule has 3 fully saturated rings. The van der Waals surface area contributed by atoms with Crippen LogP contribution >= 0.6 is 0 Å². The van der Waals surface area contributed by atoms with Crippen LogP contribution in [0, 0.1) is 5.92 Å². The molecule has 2 aromatic carbocycles. The molecule has 14 nitrogen and oxygen atoms in total. The summed E-state index contributed by atoms with van der Waals surface area (Å²) in [7, 11) is 0. The van der Waals surface area contributed by atoms with E-state index >= 15 is 0 Å². The molecule has 3 saturated heterocycles. The summed E-state index contributed by atoms with van der Waals surface area (Å²) < 4.78 is 0. The van der Waals surface area contributed by atoms with E-state index in [1.165, 1.54) is 24.0 Å². The van der Waals surface area contributed by atoms with Crippen LogP contribution in [0.25, 0.3) is 11.3 Å². The lowest BCUT2D eigenvalue weighted by molar-refractivity contribution is -0.136. The van der Waals surface area contributed by atoms with Crippen molar-refractivity contribution in [3.8, 4) is 17.0 Å². The molecule has 55 heavy (non-hydrogen) atoms. The molecule has 0 aliphatic carbocycles. The number of aryl methyl sites for hydroxylation is 1. The first-order chi connectivity index (χ1) is 26.9. The lowest BCUT2D eigenvalue weighted by Crippen LogP contribution is -2.58. The number of fused-ring (bicyclic) bond motifs is 4. The number of imide groups is 1. The number of hydrogen-bond acceptors (Lipinski definition) is 12. The first kappa shape index (κ1) is 35.1. The Morgan fingerprint density at radius 1 is 0.836 bits per heavy atom. The molecule has 0 radical (unpaired) electrons. The maximum Gasteiger partial charge on any atom is 0.255 e. The quantitative estimate of drug-likeness (QED) is 0.215. The van der Waals surface area contributed by atoms with Gasteiger partial charge >= 0.3 is 0 Å². The summed E-state index contributed by atoms with van der Waals surface area (Å²) in [5.74, 6) is 1.65. The van der Waals surface area contributed by atoms with Gasteiger partial charge in [-0.1, -0.05) is 24.3 Å². The average Bonchev–Trinajstić information content (AvgIpc) is 3.54. The number of likely N-dealkylation sites (tertiary alicyclic amines) is 1. The minimum Gasteiger partial charge on any atom is -0.507 e. The van der Waals surface area contributed by atoms with Gasteiger partial charge in [-0.15, -0.1) is 10.2 Å². The van der Waals surface area contributed by atoms with Gasteiger partial charge in [-0.3, -0.25) is 19.7 Å². The largest absolute Gasteiger partial charge is 0.507 e. The summed E-state index contributed by atoms with van der Waals surface area (Å²) in [6.07, 6.45) is 10.0. The van der Waals surface area contributed by atoms with E-state index in [0.29, 0.717) is 35.7 Å². The van der Waals surface area contributed by atoms with Gasteiger partial charge in [-0.25, -0.2) is 9.97 Å². The summed E-state index contributed by atoms with van der Waals surface area (Å²) in [5.41, 5.74) is 6.35. The van der Waals surface area contributed by atoms with Gasteiger partial charge in [0.25, 0.3) is 5.91 Å². The third-order valence-electron chi connectivity index (χ3n) is 12.1. The summed E-state index contributed by atoms with van der Waals surface area (Å²) in [6.45, 7) is 6.74. The highest BCUT2D eigenvalue weighted by Crippen LogP contribution is 2.36. The molecule has 9 rings (SSSR count). The zero-order valence-corrected chi connectivity index (χ0v) is 30.9. The predicted molar refractivity (Wildman–Crippen MR) is 207 cm³/mol. The molecule has 2 aromatic heterocycles. The molecular weight excluding hydrogens is 697 g/mol. The number of anilines is 3. The Balaban J connectivity index is 0.721. The Labute approximate surface area is 320 Å². The van der Waals surface area contributed by atoms with Crippen molar-refractivity contribution in [1.29, 1.82) is 0 Å². The smallest absolute Gasteiger partial charge is 0.255 e. The van der Waals surface area contributed by atoms with Crippen molar-refractivity contribution >= 4 is 35.2 Å². The van der Waals surface area contributed by atoms with E-state index in [0.717, 1.165) is 88.1 Å². The molecule has 0 saturated carbocycles. The molecular formula is C41H46N10O4. The van der Waals surface area contributed by atoms with E-state index in [1.807, 2.05) is 42.7 Å². The van der Waals surface area contributed by atoms with Crippen LogP contribution in [0.4, 0.5) is 17.5 Å². The number of hydrogen-bond donors (Lipinski definition) is 3.